The molecule has 2 atom stereocenters. The summed E-state index contributed by atoms with van der Waals surface area (Å²) in [4.78, 5) is 12.6. The summed E-state index contributed by atoms with van der Waals surface area (Å²) >= 11 is 0. The van der Waals surface area contributed by atoms with E-state index >= 15 is 0 Å². The van der Waals surface area contributed by atoms with Crippen molar-refractivity contribution < 1.29 is 9.18 Å². The van der Waals surface area contributed by atoms with E-state index in [4.69, 9.17) is 0 Å². The van der Waals surface area contributed by atoms with Crippen LogP contribution in [0.1, 0.15) is 31.7 Å². The number of carbonyl (C=O) groups excluding carboxylic acids is 1. The maximum Gasteiger partial charge on any atom is 0.232 e. The van der Waals surface area contributed by atoms with Crippen LogP contribution in [0.4, 0.5) is 10.1 Å². The summed E-state index contributed by atoms with van der Waals surface area (Å²) in [6.45, 7) is 4.09. The summed E-state index contributed by atoms with van der Waals surface area (Å²) in [5.41, 5.74) is 1.19. The van der Waals surface area contributed by atoms with E-state index in [0.29, 0.717) is 0 Å². The molecular weight excluding hydrogens is 265 g/mol. The second-order valence-corrected chi connectivity index (χ2v) is 5.24. The zero-order chi connectivity index (χ0) is 15.2. The third kappa shape index (κ3) is 3.69. The first-order valence-electron chi connectivity index (χ1n) is 7.23. The monoisotopic (exact) mass is 285 g/mol. The molecule has 2 aromatic carbocycles. The van der Waals surface area contributed by atoms with Crippen LogP contribution >= 0.6 is 0 Å². The lowest BCUT2D eigenvalue weighted by atomic mass is 9.85. The van der Waals surface area contributed by atoms with Gasteiger partial charge in [0.25, 0.3) is 0 Å². The third-order valence-corrected chi connectivity index (χ3v) is 3.79. The van der Waals surface area contributed by atoms with E-state index in [-0.39, 0.29) is 23.4 Å². The van der Waals surface area contributed by atoms with Crippen molar-refractivity contribution in [3.05, 3.63) is 66.0 Å². The lowest BCUT2D eigenvalue weighted by Crippen LogP contribution is -2.26. The normalized spacial score (nSPS) is 13.5. The lowest BCUT2D eigenvalue weighted by molar-refractivity contribution is -0.118. The number of amides is 1. The number of nitrogens with one attached hydrogen (secondary N) is 1. The largest absolute Gasteiger partial charge is 0.323 e. The minimum Gasteiger partial charge on any atom is -0.323 e. The number of halogens is 1. The van der Waals surface area contributed by atoms with Crippen LogP contribution in [0, 0.1) is 11.7 Å². The molecule has 21 heavy (non-hydrogen) atoms. The van der Waals surface area contributed by atoms with E-state index in [0.717, 1.165) is 12.0 Å². The molecule has 2 rings (SSSR count). The van der Waals surface area contributed by atoms with Crippen molar-refractivity contribution in [1.82, 2.24) is 0 Å². The maximum absolute atomic E-state index is 13.7. The fourth-order valence-corrected chi connectivity index (χ4v) is 2.41. The molecule has 0 aliphatic carbocycles. The van der Waals surface area contributed by atoms with E-state index < -0.39 is 5.82 Å². The molecule has 0 heterocycles. The zero-order valence-electron chi connectivity index (χ0n) is 12.3. The minimum absolute atomic E-state index is 0.166. The third-order valence-electron chi connectivity index (χ3n) is 3.79. The quantitative estimate of drug-likeness (QED) is 0.855. The summed E-state index contributed by atoms with van der Waals surface area (Å²) in [6.07, 6.45) is 0.879. The molecule has 1 amide bonds. The number of hydrogen-bond acceptors (Lipinski definition) is 1. The van der Waals surface area contributed by atoms with Gasteiger partial charge in [-0.15, -0.1) is 0 Å². The molecule has 3 heteroatoms. The number of rotatable bonds is 5. The fourth-order valence-electron chi connectivity index (χ4n) is 2.41. The van der Waals surface area contributed by atoms with Crippen LogP contribution in [-0.4, -0.2) is 5.91 Å². The number of anilines is 1. The van der Waals surface area contributed by atoms with Gasteiger partial charge in [-0.25, -0.2) is 4.39 Å². The average Bonchev–Trinajstić information content (AvgIpc) is 2.50. The Bertz CT molecular complexity index is 597. The predicted octanol–water partition coefficient (Wildman–Crippen LogP) is 4.59. The average molecular weight is 285 g/mol. The van der Waals surface area contributed by atoms with Gasteiger partial charge in [0.05, 0.1) is 11.6 Å². The molecule has 0 unspecified atom stereocenters. The molecule has 110 valence electrons. The van der Waals surface area contributed by atoms with Gasteiger partial charge in [0.1, 0.15) is 5.82 Å². The van der Waals surface area contributed by atoms with Crippen molar-refractivity contribution in [2.75, 3.05) is 5.32 Å². The Kier molecular flexibility index (Phi) is 5.09. The first-order chi connectivity index (χ1) is 10.1. The molecule has 0 radical (unpaired) electrons. The highest BCUT2D eigenvalue weighted by Gasteiger charge is 2.26. The van der Waals surface area contributed by atoms with Crippen molar-refractivity contribution >= 4 is 11.6 Å². The van der Waals surface area contributed by atoms with Crippen LogP contribution in [-0.2, 0) is 4.79 Å². The van der Waals surface area contributed by atoms with Crippen LogP contribution in [0.25, 0.3) is 0 Å². The van der Waals surface area contributed by atoms with Crippen LogP contribution in [0.5, 0.6) is 0 Å². The molecule has 0 saturated heterocycles. The van der Waals surface area contributed by atoms with E-state index in [1.54, 1.807) is 18.2 Å². The Morgan fingerprint density at radius 2 is 1.71 bits per heavy atom. The van der Waals surface area contributed by atoms with Crippen LogP contribution in [0.3, 0.4) is 0 Å². The van der Waals surface area contributed by atoms with Crippen molar-refractivity contribution in [2.45, 2.75) is 26.2 Å². The van der Waals surface area contributed by atoms with Crippen molar-refractivity contribution in [3.63, 3.8) is 0 Å². The molecule has 2 aromatic rings. The summed E-state index contributed by atoms with van der Waals surface area (Å²) in [6, 6.07) is 15.9. The number of hydrogen-bond donors (Lipinski definition) is 1. The molecule has 0 aliphatic rings. The highest BCUT2D eigenvalue weighted by atomic mass is 19.1. The second kappa shape index (κ2) is 7.02. The standard InChI is InChI=1S/C18H20FNO/c1-3-13(2)17(14-9-5-4-6-10-14)18(21)20-16-12-8-7-11-15(16)19/h4-13,17H,3H2,1-2H3,(H,20,21)/t13-,17-/m0/s1. The molecule has 0 fully saturated rings. The molecule has 1 N–H and O–H groups in total. The summed E-state index contributed by atoms with van der Waals surface area (Å²) in [7, 11) is 0. The summed E-state index contributed by atoms with van der Waals surface area (Å²) in [5.74, 6) is -0.683. The topological polar surface area (TPSA) is 29.1 Å². The van der Waals surface area contributed by atoms with Crippen LogP contribution in [0.15, 0.2) is 54.6 Å². The molecule has 0 bridgehead atoms. The van der Waals surface area contributed by atoms with E-state index in [9.17, 15) is 9.18 Å². The Morgan fingerprint density at radius 3 is 2.33 bits per heavy atom. The Balaban J connectivity index is 2.25. The SMILES string of the molecule is CC[C@H](C)[C@H](C(=O)Nc1ccccc1F)c1ccccc1. The first kappa shape index (κ1) is 15.2. The Labute approximate surface area is 125 Å². The summed E-state index contributed by atoms with van der Waals surface area (Å²) < 4.78 is 13.7. The lowest BCUT2D eigenvalue weighted by Gasteiger charge is -2.23. The van der Waals surface area contributed by atoms with Crippen molar-refractivity contribution in [1.29, 1.82) is 0 Å². The molecular formula is C18H20FNO. The highest BCUT2D eigenvalue weighted by Crippen LogP contribution is 2.28. The van der Waals surface area contributed by atoms with Crippen molar-refractivity contribution in [2.24, 2.45) is 5.92 Å². The first-order valence-corrected chi connectivity index (χ1v) is 7.23. The van der Waals surface area contributed by atoms with Gasteiger partial charge in [-0.3, -0.25) is 4.79 Å². The van der Waals surface area contributed by atoms with E-state index in [2.05, 4.69) is 12.2 Å². The van der Waals surface area contributed by atoms with Gasteiger partial charge in [-0.05, 0) is 23.6 Å². The smallest absolute Gasteiger partial charge is 0.232 e. The van der Waals surface area contributed by atoms with Crippen LogP contribution in [0.2, 0.25) is 0 Å². The highest BCUT2D eigenvalue weighted by molar-refractivity contribution is 5.96. The summed E-state index contributed by atoms with van der Waals surface area (Å²) in [5, 5.41) is 2.71. The molecule has 0 aromatic heterocycles. The van der Waals surface area contributed by atoms with Crippen LogP contribution < -0.4 is 5.32 Å². The molecule has 0 saturated carbocycles. The van der Waals surface area contributed by atoms with Gasteiger partial charge in [-0.2, -0.15) is 0 Å². The Hall–Kier alpha value is -2.16. The number of carbonyl (C=O) groups is 1. The van der Waals surface area contributed by atoms with Gasteiger partial charge < -0.3 is 5.32 Å². The Morgan fingerprint density at radius 1 is 1.10 bits per heavy atom. The minimum atomic E-state index is -0.415. The second-order valence-electron chi connectivity index (χ2n) is 5.24. The maximum atomic E-state index is 13.7. The van der Waals surface area contributed by atoms with Gasteiger partial charge in [0.15, 0.2) is 0 Å². The predicted molar refractivity (Wildman–Crippen MR) is 83.7 cm³/mol. The number of benzene rings is 2. The van der Waals surface area contributed by atoms with E-state index in [1.165, 1.54) is 6.07 Å². The van der Waals surface area contributed by atoms with Gasteiger partial charge in [0.2, 0.25) is 5.91 Å². The van der Waals surface area contributed by atoms with Gasteiger partial charge in [-0.1, -0.05) is 62.7 Å². The van der Waals surface area contributed by atoms with Gasteiger partial charge >= 0.3 is 0 Å². The van der Waals surface area contributed by atoms with Crippen molar-refractivity contribution in [3.8, 4) is 0 Å². The number of para-hydroxylation sites is 1. The van der Waals surface area contributed by atoms with E-state index in [1.807, 2.05) is 37.3 Å². The molecule has 2 nitrogen and oxygen atoms in total. The molecule has 0 spiro atoms. The molecule has 0 aliphatic heterocycles. The zero-order valence-corrected chi connectivity index (χ0v) is 12.3. The fraction of sp³-hybridized carbons (Fsp3) is 0.278. The van der Waals surface area contributed by atoms with Gasteiger partial charge in [0, 0.05) is 0 Å².